The molecule has 0 radical (unpaired) electrons. The highest BCUT2D eigenvalue weighted by atomic mass is 35.5. The predicted molar refractivity (Wildman–Crippen MR) is 180 cm³/mol. The first-order chi connectivity index (χ1) is 23.7. The van der Waals surface area contributed by atoms with Crippen molar-refractivity contribution in [2.75, 3.05) is 36.4 Å². The van der Waals surface area contributed by atoms with Crippen LogP contribution in [-0.2, 0) is 25.6 Å². The maximum Gasteiger partial charge on any atom is 0.335 e. The highest BCUT2D eigenvalue weighted by molar-refractivity contribution is 6.31. The van der Waals surface area contributed by atoms with E-state index in [4.69, 9.17) is 16.4 Å². The zero-order valence-electron chi connectivity index (χ0n) is 26.6. The largest absolute Gasteiger partial charge is 0.478 e. The van der Waals surface area contributed by atoms with Crippen molar-refractivity contribution in [3.05, 3.63) is 93.8 Å². The molecule has 0 aliphatic carbocycles. The molecule has 4 heterocycles. The predicted octanol–water partition coefficient (Wildman–Crippen LogP) is 5.03. The van der Waals surface area contributed by atoms with Crippen LogP contribution in [0.15, 0.2) is 65.8 Å². The van der Waals surface area contributed by atoms with Crippen LogP contribution < -0.4 is 10.2 Å². The summed E-state index contributed by atoms with van der Waals surface area (Å²) in [6.07, 6.45) is 2.64. The number of piperidine rings is 1. The molecule has 254 valence electrons. The van der Waals surface area contributed by atoms with Crippen LogP contribution in [0.1, 0.15) is 65.2 Å². The number of anilines is 2. The molecule has 3 aromatic carbocycles. The van der Waals surface area contributed by atoms with Gasteiger partial charge in [-0.1, -0.05) is 35.0 Å². The van der Waals surface area contributed by atoms with E-state index in [0.29, 0.717) is 24.1 Å². The van der Waals surface area contributed by atoms with Gasteiger partial charge in [0.2, 0.25) is 12.0 Å². The summed E-state index contributed by atoms with van der Waals surface area (Å²) in [6.45, 7) is 2.56. The van der Waals surface area contributed by atoms with Crippen molar-refractivity contribution in [2.45, 2.75) is 56.7 Å². The Hall–Kier alpha value is -4.97. The molecule has 0 saturated carbocycles. The van der Waals surface area contributed by atoms with Gasteiger partial charge < -0.3 is 30.0 Å². The molecular weight excluding hydrogens is 653 g/mol. The molecule has 0 bridgehead atoms. The van der Waals surface area contributed by atoms with Crippen molar-refractivity contribution >= 4 is 52.4 Å². The van der Waals surface area contributed by atoms with Gasteiger partial charge in [0.15, 0.2) is 5.82 Å². The number of oxime groups is 1. The fourth-order valence-corrected chi connectivity index (χ4v) is 7.60. The molecule has 2 atom stereocenters. The maximum absolute atomic E-state index is 14.8. The zero-order chi connectivity index (χ0) is 34.2. The zero-order valence-corrected chi connectivity index (χ0v) is 27.4. The second-order valence-corrected chi connectivity index (χ2v) is 13.2. The first kappa shape index (κ1) is 32.6. The topological polar surface area (TPSA) is 132 Å². The third-order valence-electron chi connectivity index (χ3n) is 9.89. The van der Waals surface area contributed by atoms with Crippen LogP contribution in [0.2, 0.25) is 5.02 Å². The first-order valence-electron chi connectivity index (χ1n) is 16.5. The van der Waals surface area contributed by atoms with E-state index >= 15 is 0 Å². The van der Waals surface area contributed by atoms with Crippen LogP contribution in [0.4, 0.5) is 15.8 Å². The number of likely N-dealkylation sites (tertiary alicyclic amines) is 1. The number of benzene rings is 3. The van der Waals surface area contributed by atoms with Crippen molar-refractivity contribution in [3.63, 3.8) is 0 Å². The summed E-state index contributed by atoms with van der Waals surface area (Å²) in [7, 11) is 0. The summed E-state index contributed by atoms with van der Waals surface area (Å²) in [6, 6.07) is 15.3. The number of aromatic carboxylic acids is 1. The Bertz CT molecular complexity index is 1840. The molecule has 2 N–H and O–H groups in total. The van der Waals surface area contributed by atoms with Gasteiger partial charge in [0.05, 0.1) is 16.3 Å². The molecule has 4 aliphatic heterocycles. The van der Waals surface area contributed by atoms with Gasteiger partial charge in [-0.05, 0) is 79.3 Å². The highest BCUT2D eigenvalue weighted by Crippen LogP contribution is 2.39. The van der Waals surface area contributed by atoms with Gasteiger partial charge in [0.1, 0.15) is 6.04 Å². The second-order valence-electron chi connectivity index (χ2n) is 12.7. The first-order valence-corrected chi connectivity index (χ1v) is 16.9. The molecular formula is C36H35ClFN5O6. The molecule has 2 fully saturated rings. The van der Waals surface area contributed by atoms with E-state index in [2.05, 4.69) is 15.4 Å². The number of nitrogens with one attached hydrogen (secondary N) is 1. The number of hydrogen-bond acceptors (Lipinski definition) is 7. The monoisotopic (exact) mass is 687 g/mol. The van der Waals surface area contributed by atoms with E-state index in [1.165, 1.54) is 41.3 Å². The summed E-state index contributed by atoms with van der Waals surface area (Å²) in [5, 5.41) is 16.1. The number of halogens is 2. The number of hydrogen-bond donors (Lipinski definition) is 2. The number of fused-ring (bicyclic) bond motifs is 1. The fourth-order valence-electron chi connectivity index (χ4n) is 7.43. The highest BCUT2D eigenvalue weighted by Gasteiger charge is 2.43. The number of nitrogens with zero attached hydrogens (tertiary/aromatic N) is 4. The van der Waals surface area contributed by atoms with Crippen LogP contribution in [0.3, 0.4) is 0 Å². The Morgan fingerprint density at radius 2 is 1.71 bits per heavy atom. The molecule has 4 aliphatic rings. The molecule has 11 nitrogen and oxygen atoms in total. The minimum absolute atomic E-state index is 0.00104. The summed E-state index contributed by atoms with van der Waals surface area (Å²) < 4.78 is 14.8. The van der Waals surface area contributed by atoms with Gasteiger partial charge in [-0.2, -0.15) is 0 Å². The molecule has 7 rings (SSSR count). The molecule has 13 heteroatoms. The number of carbonyl (C=O) groups is 4. The van der Waals surface area contributed by atoms with Crippen LogP contribution in [0, 0.1) is 5.82 Å². The van der Waals surface area contributed by atoms with Gasteiger partial charge in [-0.25, -0.2) is 9.18 Å². The van der Waals surface area contributed by atoms with E-state index in [1.807, 2.05) is 23.1 Å². The van der Waals surface area contributed by atoms with Gasteiger partial charge in [-0.3, -0.25) is 14.4 Å². The third-order valence-corrected chi connectivity index (χ3v) is 10.2. The van der Waals surface area contributed by atoms with Crippen LogP contribution >= 0.6 is 11.6 Å². The van der Waals surface area contributed by atoms with Crippen molar-refractivity contribution in [1.29, 1.82) is 0 Å². The Morgan fingerprint density at radius 1 is 0.959 bits per heavy atom. The van der Waals surface area contributed by atoms with Gasteiger partial charge in [-0.15, -0.1) is 0 Å². The summed E-state index contributed by atoms with van der Waals surface area (Å²) in [5.74, 6) is -2.44. The lowest BCUT2D eigenvalue weighted by Crippen LogP contribution is -2.50. The lowest BCUT2D eigenvalue weighted by molar-refractivity contribution is -0.148. The Kier molecular flexibility index (Phi) is 8.98. The Balaban J connectivity index is 1.15. The van der Waals surface area contributed by atoms with Gasteiger partial charge in [0, 0.05) is 62.0 Å². The molecule has 49 heavy (non-hydrogen) atoms. The maximum atomic E-state index is 14.8. The number of carboxylic acid groups (broad SMARTS) is 1. The van der Waals surface area contributed by atoms with Crippen molar-refractivity contribution in [1.82, 2.24) is 9.80 Å². The van der Waals surface area contributed by atoms with Gasteiger partial charge in [0.25, 0.3) is 11.8 Å². The Labute approximate surface area is 287 Å². The van der Waals surface area contributed by atoms with Crippen LogP contribution in [0.5, 0.6) is 0 Å². The van der Waals surface area contributed by atoms with E-state index in [9.17, 15) is 28.7 Å². The summed E-state index contributed by atoms with van der Waals surface area (Å²) >= 11 is 5.98. The number of rotatable bonds is 7. The molecule has 0 unspecified atom stereocenters. The fraction of sp³-hybridized carbons (Fsp3) is 0.361. The van der Waals surface area contributed by atoms with E-state index in [-0.39, 0.29) is 46.8 Å². The van der Waals surface area contributed by atoms with E-state index in [1.54, 1.807) is 6.07 Å². The quantitative estimate of drug-likeness (QED) is 0.356. The summed E-state index contributed by atoms with van der Waals surface area (Å²) in [4.78, 5) is 63.4. The standard InChI is InChI=1S/C36H35ClFN5O6/c37-27-6-1-5-26(32(27)38)28-20-30(49-40-28)35(46)43-19-15-24-25(33(43)34(45)39-22-11-9-21(10-12-22)36(47)48)4-2-7-29(24)41-17-13-23(14-18-41)42-16-3-8-31(42)44/h1-2,4-7,9-12,23,30,33H,3,8,13-20H2,(H,39,45)(H,47,48)/t30-,33+/m1/s1. The minimum Gasteiger partial charge on any atom is -0.478 e. The second kappa shape index (κ2) is 13.5. The van der Waals surface area contributed by atoms with Crippen LogP contribution in [0.25, 0.3) is 0 Å². The van der Waals surface area contributed by atoms with Gasteiger partial charge >= 0.3 is 5.97 Å². The summed E-state index contributed by atoms with van der Waals surface area (Å²) in [5.41, 5.74) is 3.49. The van der Waals surface area contributed by atoms with Crippen LogP contribution in [-0.4, -0.2) is 82.6 Å². The van der Waals surface area contributed by atoms with Crippen molar-refractivity contribution in [3.8, 4) is 0 Å². The minimum atomic E-state index is -1.09. The third kappa shape index (κ3) is 6.32. The number of carbonyl (C=O) groups excluding carboxylic acids is 3. The Morgan fingerprint density at radius 3 is 2.43 bits per heavy atom. The average molecular weight is 688 g/mol. The SMILES string of the molecule is O=C(O)c1ccc(NC(=O)[C@@H]2c3cccc(N4CCC(N5CCCC5=O)CC4)c3CCN2C(=O)[C@H]2CC(c3cccc(Cl)c3F)=NO2)cc1. The molecule has 0 spiro atoms. The lowest BCUT2D eigenvalue weighted by Gasteiger charge is -2.41. The smallest absolute Gasteiger partial charge is 0.335 e. The normalized spacial score (nSPS) is 20.9. The molecule has 0 aromatic heterocycles. The number of amides is 3. The number of carboxylic acids is 1. The lowest BCUT2D eigenvalue weighted by atomic mass is 9.88. The van der Waals surface area contributed by atoms with Crippen molar-refractivity contribution < 1.29 is 33.5 Å². The molecule has 3 aromatic rings. The molecule has 2 saturated heterocycles. The average Bonchev–Trinajstić information content (AvgIpc) is 3.78. The van der Waals surface area contributed by atoms with E-state index in [0.717, 1.165) is 50.1 Å². The van der Waals surface area contributed by atoms with Crippen molar-refractivity contribution in [2.24, 2.45) is 5.16 Å². The van der Waals surface area contributed by atoms with E-state index < -0.39 is 35.7 Å². The molecule has 3 amide bonds.